The second-order valence-electron chi connectivity index (χ2n) is 6.31. The van der Waals surface area contributed by atoms with Crippen molar-refractivity contribution in [2.24, 2.45) is 5.10 Å². The highest BCUT2D eigenvalue weighted by Crippen LogP contribution is 2.33. The third-order valence-corrected chi connectivity index (χ3v) is 6.73. The maximum absolute atomic E-state index is 13.4. The van der Waals surface area contributed by atoms with Crippen molar-refractivity contribution in [1.82, 2.24) is 5.43 Å². The molecule has 0 saturated heterocycles. The van der Waals surface area contributed by atoms with Crippen molar-refractivity contribution in [1.29, 1.82) is 0 Å². The van der Waals surface area contributed by atoms with Crippen molar-refractivity contribution >= 4 is 39.2 Å². The second-order valence-corrected chi connectivity index (χ2v) is 9.15. The van der Waals surface area contributed by atoms with Crippen molar-refractivity contribution in [2.75, 3.05) is 18.0 Å². The van der Waals surface area contributed by atoms with Gasteiger partial charge >= 0.3 is 0 Å². The number of hydrogen-bond acceptors (Lipinski definition) is 6. The molecule has 0 fully saturated rings. The number of aryl methyl sites for hydroxylation is 1. The maximum atomic E-state index is 13.4. The monoisotopic (exact) mass is 443 g/mol. The summed E-state index contributed by atoms with van der Waals surface area (Å²) in [5, 5.41) is 5.80. The minimum absolute atomic E-state index is 0.0726. The molecule has 30 heavy (non-hydrogen) atoms. The zero-order valence-corrected chi connectivity index (χ0v) is 18.1. The van der Waals surface area contributed by atoms with E-state index >= 15 is 0 Å². The molecule has 3 rings (SSSR count). The molecule has 0 saturated carbocycles. The van der Waals surface area contributed by atoms with Crippen LogP contribution in [0.5, 0.6) is 5.75 Å². The van der Waals surface area contributed by atoms with Gasteiger partial charge in [0.25, 0.3) is 15.9 Å². The number of carbonyl (C=O) groups is 1. The molecule has 1 N–H and O–H groups in total. The molecule has 0 aliphatic rings. The molecule has 1 amide bonds. The van der Waals surface area contributed by atoms with Gasteiger partial charge in [0.15, 0.2) is 0 Å². The summed E-state index contributed by atoms with van der Waals surface area (Å²) in [6, 6.07) is 16.8. The summed E-state index contributed by atoms with van der Waals surface area (Å²) >= 11 is 1.47. The lowest BCUT2D eigenvalue weighted by atomic mass is 10.2. The van der Waals surface area contributed by atoms with Gasteiger partial charge in [0.05, 0.1) is 23.9 Å². The molecular weight excluding hydrogens is 422 g/mol. The first-order valence-corrected chi connectivity index (χ1v) is 11.3. The summed E-state index contributed by atoms with van der Waals surface area (Å²) in [4.78, 5) is 13.5. The predicted octanol–water partition coefficient (Wildman–Crippen LogP) is 3.41. The normalized spacial score (nSPS) is 11.4. The van der Waals surface area contributed by atoms with E-state index in [4.69, 9.17) is 4.74 Å². The van der Waals surface area contributed by atoms with E-state index in [1.54, 1.807) is 36.4 Å². The van der Waals surface area contributed by atoms with E-state index in [2.05, 4.69) is 10.5 Å². The van der Waals surface area contributed by atoms with Crippen LogP contribution in [-0.2, 0) is 14.8 Å². The molecule has 0 bridgehead atoms. The van der Waals surface area contributed by atoms with Gasteiger partial charge in [0.2, 0.25) is 0 Å². The molecule has 9 heteroatoms. The number of rotatable bonds is 8. The van der Waals surface area contributed by atoms with E-state index in [9.17, 15) is 13.2 Å². The largest absolute Gasteiger partial charge is 0.495 e. The van der Waals surface area contributed by atoms with Crippen molar-refractivity contribution in [2.45, 2.75) is 11.8 Å². The Morgan fingerprint density at radius 3 is 2.60 bits per heavy atom. The highest BCUT2D eigenvalue weighted by atomic mass is 32.2. The van der Waals surface area contributed by atoms with E-state index in [0.717, 1.165) is 14.7 Å². The van der Waals surface area contributed by atoms with Gasteiger partial charge in [-0.1, -0.05) is 30.3 Å². The van der Waals surface area contributed by atoms with Gasteiger partial charge < -0.3 is 4.74 Å². The number of thiophene rings is 1. The van der Waals surface area contributed by atoms with Crippen LogP contribution in [0.1, 0.15) is 10.4 Å². The summed E-state index contributed by atoms with van der Waals surface area (Å²) in [5.41, 5.74) is 3.49. The summed E-state index contributed by atoms with van der Waals surface area (Å²) in [6.45, 7) is 1.38. The van der Waals surface area contributed by atoms with Crippen LogP contribution >= 0.6 is 11.3 Å². The highest BCUT2D eigenvalue weighted by Gasteiger charge is 2.29. The first-order valence-electron chi connectivity index (χ1n) is 8.99. The number of hydrogen-bond donors (Lipinski definition) is 1. The number of ether oxygens (including phenoxy) is 1. The number of benzene rings is 2. The van der Waals surface area contributed by atoms with Gasteiger partial charge in [-0.05, 0) is 48.2 Å². The van der Waals surface area contributed by atoms with Gasteiger partial charge in [0.1, 0.15) is 12.3 Å². The minimum atomic E-state index is -4.02. The topological polar surface area (TPSA) is 88.1 Å². The molecule has 1 aromatic heterocycles. The van der Waals surface area contributed by atoms with Crippen LogP contribution in [0.25, 0.3) is 0 Å². The number of hydrazone groups is 1. The first-order chi connectivity index (χ1) is 14.4. The molecular formula is C21H21N3O4S2. The molecule has 0 aliphatic carbocycles. The molecule has 0 spiro atoms. The van der Waals surface area contributed by atoms with Crippen molar-refractivity contribution < 1.29 is 17.9 Å². The summed E-state index contributed by atoms with van der Waals surface area (Å²) in [5.74, 6) is -0.235. The fourth-order valence-corrected chi connectivity index (χ4v) is 4.74. The second kappa shape index (κ2) is 9.55. The highest BCUT2D eigenvalue weighted by molar-refractivity contribution is 7.92. The van der Waals surface area contributed by atoms with E-state index in [1.165, 1.54) is 36.8 Å². The van der Waals surface area contributed by atoms with E-state index in [-0.39, 0.29) is 10.6 Å². The van der Waals surface area contributed by atoms with Crippen LogP contribution in [0.15, 0.2) is 76.0 Å². The quantitative estimate of drug-likeness (QED) is 0.427. The molecule has 0 atom stereocenters. The first kappa shape index (κ1) is 21.5. The summed E-state index contributed by atoms with van der Waals surface area (Å²) in [7, 11) is -2.57. The zero-order chi connectivity index (χ0) is 21.6. The Kier molecular flexibility index (Phi) is 6.86. The van der Waals surface area contributed by atoms with E-state index in [0.29, 0.717) is 5.75 Å². The van der Waals surface area contributed by atoms with E-state index in [1.807, 2.05) is 24.4 Å². The Balaban J connectivity index is 1.94. The van der Waals surface area contributed by atoms with Gasteiger partial charge in [-0.2, -0.15) is 5.10 Å². The third kappa shape index (κ3) is 5.05. The number of carbonyl (C=O) groups excluding carboxylic acids is 1. The van der Waals surface area contributed by atoms with Crippen molar-refractivity contribution in [3.05, 3.63) is 76.5 Å². The van der Waals surface area contributed by atoms with E-state index < -0.39 is 22.5 Å². The van der Waals surface area contributed by atoms with Crippen LogP contribution in [-0.4, -0.2) is 34.2 Å². The number of sulfonamides is 1. The van der Waals surface area contributed by atoms with Crippen LogP contribution in [0, 0.1) is 6.92 Å². The van der Waals surface area contributed by atoms with Gasteiger partial charge in [-0.25, -0.2) is 13.8 Å². The van der Waals surface area contributed by atoms with Crippen LogP contribution in [0.3, 0.4) is 0 Å². The number of anilines is 1. The number of nitrogens with one attached hydrogen (secondary N) is 1. The SMILES string of the molecule is COc1ccc(C)cc1N(CC(=O)N/N=C/c1cccs1)S(=O)(=O)c1ccccc1. The summed E-state index contributed by atoms with van der Waals surface area (Å²) in [6.07, 6.45) is 1.51. The Hall–Kier alpha value is -3.17. The summed E-state index contributed by atoms with van der Waals surface area (Å²) < 4.78 is 33.1. The fourth-order valence-electron chi connectivity index (χ4n) is 2.71. The maximum Gasteiger partial charge on any atom is 0.264 e. The predicted molar refractivity (Wildman–Crippen MR) is 119 cm³/mol. The Morgan fingerprint density at radius 1 is 1.17 bits per heavy atom. The molecule has 3 aromatic rings. The molecule has 7 nitrogen and oxygen atoms in total. The van der Waals surface area contributed by atoms with Crippen LogP contribution in [0.4, 0.5) is 5.69 Å². The average molecular weight is 444 g/mol. The van der Waals surface area contributed by atoms with Crippen molar-refractivity contribution in [3.8, 4) is 5.75 Å². The van der Waals surface area contributed by atoms with Crippen molar-refractivity contribution in [3.63, 3.8) is 0 Å². The van der Waals surface area contributed by atoms with Gasteiger partial charge in [0, 0.05) is 4.88 Å². The Labute approximate surface area is 179 Å². The zero-order valence-electron chi connectivity index (χ0n) is 16.5. The molecule has 2 aromatic carbocycles. The Morgan fingerprint density at radius 2 is 1.93 bits per heavy atom. The number of amides is 1. The molecule has 0 radical (unpaired) electrons. The van der Waals surface area contributed by atoms with Crippen LogP contribution in [0.2, 0.25) is 0 Å². The smallest absolute Gasteiger partial charge is 0.264 e. The lowest BCUT2D eigenvalue weighted by Gasteiger charge is -2.25. The number of methoxy groups -OCH3 is 1. The average Bonchev–Trinajstić information content (AvgIpc) is 3.26. The lowest BCUT2D eigenvalue weighted by Crippen LogP contribution is -2.39. The van der Waals surface area contributed by atoms with Gasteiger partial charge in [-0.15, -0.1) is 11.3 Å². The molecule has 0 unspecified atom stereocenters. The molecule has 156 valence electrons. The lowest BCUT2D eigenvalue weighted by molar-refractivity contribution is -0.119. The minimum Gasteiger partial charge on any atom is -0.495 e. The number of nitrogens with zero attached hydrogens (tertiary/aromatic N) is 2. The standard InChI is InChI=1S/C21H21N3O4S2/c1-16-10-11-20(28-2)19(13-16)24(30(26,27)18-8-4-3-5-9-18)15-21(25)23-22-14-17-7-6-12-29-17/h3-14H,15H2,1-2H3,(H,23,25)/b22-14+. The third-order valence-electron chi connectivity index (χ3n) is 4.15. The van der Waals surface area contributed by atoms with Crippen LogP contribution < -0.4 is 14.5 Å². The van der Waals surface area contributed by atoms with Gasteiger partial charge in [-0.3, -0.25) is 9.10 Å². The fraction of sp³-hybridized carbons (Fsp3) is 0.143. The Bertz CT molecular complexity index is 1130. The molecule has 1 heterocycles. The molecule has 0 aliphatic heterocycles.